The summed E-state index contributed by atoms with van der Waals surface area (Å²) in [6.07, 6.45) is 2.29. The van der Waals surface area contributed by atoms with Gasteiger partial charge in [0.15, 0.2) is 0 Å². The van der Waals surface area contributed by atoms with Crippen LogP contribution in [0, 0.1) is 6.92 Å². The van der Waals surface area contributed by atoms with Gasteiger partial charge in [-0.2, -0.15) is 0 Å². The molecule has 0 saturated heterocycles. The van der Waals surface area contributed by atoms with Crippen LogP contribution in [-0.2, 0) is 6.42 Å². The van der Waals surface area contributed by atoms with Crippen LogP contribution < -0.4 is 5.73 Å². The van der Waals surface area contributed by atoms with Gasteiger partial charge in [0.2, 0.25) is 0 Å². The molecule has 1 aliphatic rings. The number of hydrogen-bond acceptors (Lipinski definition) is 1. The summed E-state index contributed by atoms with van der Waals surface area (Å²) in [6.45, 7) is 5.04. The van der Waals surface area contributed by atoms with Crippen molar-refractivity contribution in [3.63, 3.8) is 0 Å². The van der Waals surface area contributed by atoms with Gasteiger partial charge < -0.3 is 5.73 Å². The van der Waals surface area contributed by atoms with Crippen molar-refractivity contribution in [2.45, 2.75) is 26.7 Å². The molecule has 1 nitrogen and oxygen atoms in total. The van der Waals surface area contributed by atoms with E-state index in [0.29, 0.717) is 6.54 Å². The molecule has 2 rings (SSSR count). The lowest BCUT2D eigenvalue weighted by Gasteiger charge is -2.20. The van der Waals surface area contributed by atoms with E-state index in [1.165, 1.54) is 27.8 Å². The van der Waals surface area contributed by atoms with E-state index in [1.54, 1.807) is 0 Å². The Morgan fingerprint density at radius 3 is 2.71 bits per heavy atom. The maximum absolute atomic E-state index is 5.73. The maximum atomic E-state index is 5.73. The number of allylic oxidation sites excluding steroid dienone is 1. The number of nitrogens with two attached hydrogens (primary N) is 1. The zero-order valence-electron chi connectivity index (χ0n) is 8.93. The van der Waals surface area contributed by atoms with Gasteiger partial charge in [-0.15, -0.1) is 0 Å². The molecule has 2 N–H and O–H groups in total. The molecular weight excluding hydrogens is 170 g/mol. The van der Waals surface area contributed by atoms with E-state index in [4.69, 9.17) is 5.73 Å². The molecule has 1 heteroatoms. The van der Waals surface area contributed by atoms with Crippen molar-refractivity contribution >= 4 is 5.57 Å². The Hall–Kier alpha value is -1.08. The van der Waals surface area contributed by atoms with E-state index in [-0.39, 0.29) is 0 Å². The van der Waals surface area contributed by atoms with Crippen LogP contribution in [-0.4, -0.2) is 6.54 Å². The van der Waals surface area contributed by atoms with Crippen LogP contribution in [0.3, 0.4) is 0 Å². The van der Waals surface area contributed by atoms with Gasteiger partial charge in [-0.3, -0.25) is 0 Å². The molecule has 0 radical (unpaired) electrons. The van der Waals surface area contributed by atoms with E-state index in [2.05, 4.69) is 32.0 Å². The minimum atomic E-state index is 0.708. The first-order chi connectivity index (χ1) is 6.72. The Morgan fingerprint density at radius 2 is 2.00 bits per heavy atom. The fraction of sp³-hybridized carbons (Fsp3) is 0.385. The fourth-order valence-electron chi connectivity index (χ4n) is 2.18. The summed E-state index contributed by atoms with van der Waals surface area (Å²) in [7, 11) is 0. The summed E-state index contributed by atoms with van der Waals surface area (Å²) < 4.78 is 0. The first-order valence-corrected chi connectivity index (χ1v) is 5.21. The molecule has 0 amide bonds. The van der Waals surface area contributed by atoms with Crippen molar-refractivity contribution in [2.24, 2.45) is 5.73 Å². The van der Waals surface area contributed by atoms with Crippen LogP contribution in [0.4, 0.5) is 0 Å². The second kappa shape index (κ2) is 3.58. The summed E-state index contributed by atoms with van der Waals surface area (Å²) in [5, 5.41) is 0. The highest BCUT2D eigenvalue weighted by Gasteiger charge is 2.14. The van der Waals surface area contributed by atoms with E-state index >= 15 is 0 Å². The van der Waals surface area contributed by atoms with Gasteiger partial charge in [-0.25, -0.2) is 0 Å². The first-order valence-electron chi connectivity index (χ1n) is 5.21. The van der Waals surface area contributed by atoms with Crippen LogP contribution in [0.5, 0.6) is 0 Å². The van der Waals surface area contributed by atoms with Gasteiger partial charge in [0.25, 0.3) is 0 Å². The molecule has 0 atom stereocenters. The molecule has 1 aromatic rings. The Morgan fingerprint density at radius 1 is 1.21 bits per heavy atom. The van der Waals surface area contributed by atoms with Crippen LogP contribution in [0.25, 0.3) is 5.57 Å². The minimum absolute atomic E-state index is 0.708. The van der Waals surface area contributed by atoms with Crippen LogP contribution in [0.2, 0.25) is 0 Å². The van der Waals surface area contributed by atoms with Gasteiger partial charge in [0.1, 0.15) is 0 Å². The van der Waals surface area contributed by atoms with Gasteiger partial charge in [-0.1, -0.05) is 29.3 Å². The SMILES string of the molecule is CC1=C(CN)CCc2ccc(C)cc21. The molecule has 1 aliphatic carbocycles. The predicted octanol–water partition coefficient (Wildman–Crippen LogP) is 2.67. The summed E-state index contributed by atoms with van der Waals surface area (Å²) in [5.74, 6) is 0. The summed E-state index contributed by atoms with van der Waals surface area (Å²) in [4.78, 5) is 0. The van der Waals surface area contributed by atoms with Gasteiger partial charge in [-0.05, 0) is 43.4 Å². The van der Waals surface area contributed by atoms with Crippen molar-refractivity contribution < 1.29 is 0 Å². The molecule has 0 aliphatic heterocycles. The molecule has 0 bridgehead atoms. The van der Waals surface area contributed by atoms with Crippen molar-refractivity contribution in [3.8, 4) is 0 Å². The van der Waals surface area contributed by atoms with Crippen molar-refractivity contribution in [2.75, 3.05) is 6.54 Å². The zero-order chi connectivity index (χ0) is 10.1. The van der Waals surface area contributed by atoms with Gasteiger partial charge in [0.05, 0.1) is 0 Å². The Labute approximate surface area is 85.6 Å². The van der Waals surface area contributed by atoms with E-state index in [1.807, 2.05) is 0 Å². The first kappa shape index (κ1) is 9.47. The molecule has 0 fully saturated rings. The standard InChI is InChI=1S/C13H17N/c1-9-3-4-11-5-6-12(8-14)10(2)13(11)7-9/h3-4,7H,5-6,8,14H2,1-2H3. The molecule has 14 heavy (non-hydrogen) atoms. The molecular formula is C13H17N. The summed E-state index contributed by atoms with van der Waals surface area (Å²) in [6, 6.07) is 6.72. The number of fused-ring (bicyclic) bond motifs is 1. The Balaban J connectivity index is 2.55. The highest BCUT2D eigenvalue weighted by Crippen LogP contribution is 2.30. The molecule has 0 unspecified atom stereocenters. The van der Waals surface area contributed by atoms with Crippen LogP contribution in [0.1, 0.15) is 30.0 Å². The lowest BCUT2D eigenvalue weighted by atomic mass is 9.85. The van der Waals surface area contributed by atoms with Crippen LogP contribution >= 0.6 is 0 Å². The fourth-order valence-corrected chi connectivity index (χ4v) is 2.18. The summed E-state index contributed by atoms with van der Waals surface area (Å²) in [5.41, 5.74) is 12.8. The molecule has 0 aromatic heterocycles. The lowest BCUT2D eigenvalue weighted by molar-refractivity contribution is 0.880. The number of rotatable bonds is 1. The smallest absolute Gasteiger partial charge is 0.0142 e. The van der Waals surface area contributed by atoms with Gasteiger partial charge in [0, 0.05) is 6.54 Å². The largest absolute Gasteiger partial charge is 0.327 e. The lowest BCUT2D eigenvalue weighted by Crippen LogP contribution is -2.11. The summed E-state index contributed by atoms with van der Waals surface area (Å²) >= 11 is 0. The molecule has 1 aromatic carbocycles. The van der Waals surface area contributed by atoms with E-state index < -0.39 is 0 Å². The van der Waals surface area contributed by atoms with Crippen LogP contribution in [0.15, 0.2) is 23.8 Å². The highest BCUT2D eigenvalue weighted by molar-refractivity contribution is 5.72. The minimum Gasteiger partial charge on any atom is -0.327 e. The van der Waals surface area contributed by atoms with Gasteiger partial charge >= 0.3 is 0 Å². The Kier molecular flexibility index (Phi) is 2.42. The number of benzene rings is 1. The Bertz CT molecular complexity index is 388. The third-order valence-electron chi connectivity index (χ3n) is 3.14. The topological polar surface area (TPSA) is 26.0 Å². The van der Waals surface area contributed by atoms with Crippen molar-refractivity contribution in [1.82, 2.24) is 0 Å². The third-order valence-corrected chi connectivity index (χ3v) is 3.14. The van der Waals surface area contributed by atoms with E-state index in [9.17, 15) is 0 Å². The zero-order valence-corrected chi connectivity index (χ0v) is 8.93. The maximum Gasteiger partial charge on any atom is 0.0142 e. The van der Waals surface area contributed by atoms with Crippen molar-refractivity contribution in [1.29, 1.82) is 0 Å². The van der Waals surface area contributed by atoms with E-state index in [0.717, 1.165) is 12.8 Å². The molecule has 74 valence electrons. The number of aryl methyl sites for hydroxylation is 2. The quantitative estimate of drug-likeness (QED) is 0.718. The molecule has 0 heterocycles. The molecule has 0 saturated carbocycles. The van der Waals surface area contributed by atoms with Crippen molar-refractivity contribution in [3.05, 3.63) is 40.5 Å². The normalized spacial score (nSPS) is 15.6. The highest BCUT2D eigenvalue weighted by atomic mass is 14.5. The monoisotopic (exact) mass is 187 g/mol. The average molecular weight is 187 g/mol. The second-order valence-corrected chi connectivity index (χ2v) is 4.09. The second-order valence-electron chi connectivity index (χ2n) is 4.09. The number of hydrogen-bond donors (Lipinski definition) is 1. The third kappa shape index (κ3) is 1.48. The predicted molar refractivity (Wildman–Crippen MR) is 61.1 cm³/mol. The molecule has 0 spiro atoms. The average Bonchev–Trinajstić information content (AvgIpc) is 2.20.